The summed E-state index contributed by atoms with van der Waals surface area (Å²) in [5, 5.41) is 2.87. The Kier molecular flexibility index (Phi) is 5.01. The summed E-state index contributed by atoms with van der Waals surface area (Å²) < 4.78 is 0.748. The van der Waals surface area contributed by atoms with Gasteiger partial charge < -0.3 is 5.32 Å². The number of rotatable bonds is 5. The van der Waals surface area contributed by atoms with E-state index in [0.29, 0.717) is 17.0 Å². The summed E-state index contributed by atoms with van der Waals surface area (Å²) in [6.45, 7) is 6.07. The van der Waals surface area contributed by atoms with Crippen LogP contribution in [0.5, 0.6) is 0 Å². The normalized spacial score (nSPS) is 15.2. The molecular weight excluding hydrogens is 348 g/mol. The van der Waals surface area contributed by atoms with Crippen LogP contribution in [0.1, 0.15) is 47.9 Å². The standard InChI is InChI=1S/C16H19BrN2O3/c1-9(2)10(3)18-14(20)6-7-19-15(21)12-5-4-11(17)8-13(12)16(19)22/h4-5,8-10H,6-7H2,1-3H3,(H,18,20). The summed E-state index contributed by atoms with van der Waals surface area (Å²) >= 11 is 3.29. The van der Waals surface area contributed by atoms with Crippen LogP contribution in [0.2, 0.25) is 0 Å². The number of amides is 3. The van der Waals surface area contributed by atoms with Crippen molar-refractivity contribution in [2.75, 3.05) is 6.54 Å². The number of carbonyl (C=O) groups excluding carboxylic acids is 3. The van der Waals surface area contributed by atoms with Gasteiger partial charge in [-0.15, -0.1) is 0 Å². The van der Waals surface area contributed by atoms with Crippen molar-refractivity contribution in [3.8, 4) is 0 Å². The van der Waals surface area contributed by atoms with Crippen LogP contribution in [-0.2, 0) is 4.79 Å². The number of fused-ring (bicyclic) bond motifs is 1. The molecule has 2 rings (SSSR count). The molecule has 1 atom stereocenters. The lowest BCUT2D eigenvalue weighted by Crippen LogP contribution is -2.39. The van der Waals surface area contributed by atoms with Gasteiger partial charge in [-0.2, -0.15) is 0 Å². The lowest BCUT2D eigenvalue weighted by molar-refractivity contribution is -0.122. The largest absolute Gasteiger partial charge is 0.353 e. The van der Waals surface area contributed by atoms with Gasteiger partial charge in [0.15, 0.2) is 0 Å². The van der Waals surface area contributed by atoms with Gasteiger partial charge in [-0.25, -0.2) is 0 Å². The van der Waals surface area contributed by atoms with E-state index in [1.165, 1.54) is 0 Å². The van der Waals surface area contributed by atoms with Crippen LogP contribution < -0.4 is 5.32 Å². The highest BCUT2D eigenvalue weighted by Gasteiger charge is 2.35. The van der Waals surface area contributed by atoms with Crippen molar-refractivity contribution >= 4 is 33.7 Å². The maximum Gasteiger partial charge on any atom is 0.261 e. The van der Waals surface area contributed by atoms with Gasteiger partial charge in [0.05, 0.1) is 11.1 Å². The highest BCUT2D eigenvalue weighted by molar-refractivity contribution is 9.10. The van der Waals surface area contributed by atoms with E-state index in [-0.39, 0.29) is 36.7 Å². The van der Waals surface area contributed by atoms with Crippen LogP contribution in [0.25, 0.3) is 0 Å². The Balaban J connectivity index is 1.99. The number of hydrogen-bond donors (Lipinski definition) is 1. The molecular formula is C16H19BrN2O3. The molecule has 1 unspecified atom stereocenters. The predicted molar refractivity (Wildman–Crippen MR) is 86.6 cm³/mol. The van der Waals surface area contributed by atoms with Gasteiger partial charge >= 0.3 is 0 Å². The van der Waals surface area contributed by atoms with E-state index in [4.69, 9.17) is 0 Å². The molecule has 0 fully saturated rings. The molecule has 1 aliphatic heterocycles. The zero-order chi connectivity index (χ0) is 16.4. The number of nitrogens with one attached hydrogen (secondary N) is 1. The van der Waals surface area contributed by atoms with Gasteiger partial charge in [-0.3, -0.25) is 19.3 Å². The van der Waals surface area contributed by atoms with Crippen molar-refractivity contribution in [1.29, 1.82) is 0 Å². The molecule has 6 heteroatoms. The fraction of sp³-hybridized carbons (Fsp3) is 0.438. The van der Waals surface area contributed by atoms with Crippen LogP contribution in [0.4, 0.5) is 0 Å². The zero-order valence-corrected chi connectivity index (χ0v) is 14.4. The smallest absolute Gasteiger partial charge is 0.261 e. The summed E-state index contributed by atoms with van der Waals surface area (Å²) in [7, 11) is 0. The molecule has 5 nitrogen and oxygen atoms in total. The van der Waals surface area contributed by atoms with Crippen LogP contribution in [0.15, 0.2) is 22.7 Å². The first-order valence-electron chi connectivity index (χ1n) is 7.26. The Morgan fingerprint density at radius 3 is 2.45 bits per heavy atom. The monoisotopic (exact) mass is 366 g/mol. The summed E-state index contributed by atoms with van der Waals surface area (Å²) in [6.07, 6.45) is 0.115. The molecule has 0 spiro atoms. The van der Waals surface area contributed by atoms with E-state index in [1.807, 2.05) is 20.8 Å². The predicted octanol–water partition coefficient (Wildman–Crippen LogP) is 2.60. The minimum Gasteiger partial charge on any atom is -0.353 e. The van der Waals surface area contributed by atoms with Gasteiger partial charge in [0.2, 0.25) is 5.91 Å². The highest BCUT2D eigenvalue weighted by Crippen LogP contribution is 2.26. The van der Waals surface area contributed by atoms with E-state index < -0.39 is 0 Å². The summed E-state index contributed by atoms with van der Waals surface area (Å²) in [4.78, 5) is 37.5. The molecule has 0 aliphatic carbocycles. The Bertz CT molecular complexity index is 628. The topological polar surface area (TPSA) is 66.5 Å². The van der Waals surface area contributed by atoms with Crippen LogP contribution in [-0.4, -0.2) is 35.2 Å². The number of hydrogen-bond acceptors (Lipinski definition) is 3. The Hall–Kier alpha value is -1.69. The minimum atomic E-state index is -0.342. The summed E-state index contributed by atoms with van der Waals surface area (Å²) in [5.41, 5.74) is 0.777. The van der Waals surface area contributed by atoms with Crippen molar-refractivity contribution in [1.82, 2.24) is 10.2 Å². The van der Waals surface area contributed by atoms with Crippen molar-refractivity contribution < 1.29 is 14.4 Å². The molecule has 0 radical (unpaired) electrons. The maximum absolute atomic E-state index is 12.3. The Morgan fingerprint density at radius 1 is 1.18 bits per heavy atom. The number of carbonyl (C=O) groups is 3. The Morgan fingerprint density at radius 2 is 1.82 bits per heavy atom. The molecule has 0 bridgehead atoms. The highest BCUT2D eigenvalue weighted by atomic mass is 79.9. The average molecular weight is 367 g/mol. The first-order valence-corrected chi connectivity index (χ1v) is 8.05. The van der Waals surface area contributed by atoms with E-state index in [0.717, 1.165) is 9.37 Å². The van der Waals surface area contributed by atoms with Crippen LogP contribution in [0.3, 0.4) is 0 Å². The molecule has 1 heterocycles. The molecule has 0 saturated carbocycles. The fourth-order valence-electron chi connectivity index (χ4n) is 2.17. The fourth-order valence-corrected chi connectivity index (χ4v) is 2.53. The van der Waals surface area contributed by atoms with Crippen molar-refractivity contribution in [3.05, 3.63) is 33.8 Å². The molecule has 1 aliphatic rings. The molecule has 1 N–H and O–H groups in total. The SMILES string of the molecule is CC(C)C(C)NC(=O)CCN1C(=O)c2ccc(Br)cc2C1=O. The lowest BCUT2D eigenvalue weighted by atomic mass is 10.1. The molecule has 1 aromatic carbocycles. The number of halogens is 1. The number of benzene rings is 1. The van der Waals surface area contributed by atoms with Crippen molar-refractivity contribution in [2.45, 2.75) is 33.2 Å². The van der Waals surface area contributed by atoms with E-state index >= 15 is 0 Å². The second-order valence-corrected chi connectivity index (χ2v) is 6.72. The molecule has 1 aromatic rings. The first kappa shape index (κ1) is 16.7. The third-order valence-electron chi connectivity index (χ3n) is 3.88. The van der Waals surface area contributed by atoms with Crippen molar-refractivity contribution in [3.63, 3.8) is 0 Å². The maximum atomic E-state index is 12.3. The zero-order valence-electron chi connectivity index (χ0n) is 12.9. The number of imide groups is 1. The molecule has 118 valence electrons. The second kappa shape index (κ2) is 6.60. The molecule has 0 saturated heterocycles. The van der Waals surface area contributed by atoms with Crippen molar-refractivity contribution in [2.24, 2.45) is 5.92 Å². The third kappa shape index (κ3) is 3.38. The van der Waals surface area contributed by atoms with Gasteiger partial charge in [-0.05, 0) is 31.0 Å². The number of nitrogens with zero attached hydrogens (tertiary/aromatic N) is 1. The lowest BCUT2D eigenvalue weighted by Gasteiger charge is -2.18. The second-order valence-electron chi connectivity index (χ2n) is 5.80. The molecule has 22 heavy (non-hydrogen) atoms. The van der Waals surface area contributed by atoms with Gasteiger partial charge in [0.25, 0.3) is 11.8 Å². The Labute approximate surface area is 138 Å². The summed E-state index contributed by atoms with van der Waals surface area (Å²) in [6, 6.07) is 5.05. The van der Waals surface area contributed by atoms with Gasteiger partial charge in [-0.1, -0.05) is 29.8 Å². The molecule has 0 aromatic heterocycles. The quantitative estimate of drug-likeness (QED) is 0.814. The van der Waals surface area contributed by atoms with E-state index in [1.54, 1.807) is 18.2 Å². The summed E-state index contributed by atoms with van der Waals surface area (Å²) in [5.74, 6) is -0.497. The minimum absolute atomic E-state index is 0.0608. The van der Waals surface area contributed by atoms with E-state index in [9.17, 15) is 14.4 Å². The van der Waals surface area contributed by atoms with Crippen LogP contribution >= 0.6 is 15.9 Å². The average Bonchev–Trinajstić information content (AvgIpc) is 2.68. The van der Waals surface area contributed by atoms with E-state index in [2.05, 4.69) is 21.2 Å². The molecule has 3 amide bonds. The third-order valence-corrected chi connectivity index (χ3v) is 4.38. The van der Waals surface area contributed by atoms with Gasteiger partial charge in [0, 0.05) is 23.5 Å². The van der Waals surface area contributed by atoms with Crippen LogP contribution in [0, 0.1) is 5.92 Å². The first-order chi connectivity index (χ1) is 10.3. The van der Waals surface area contributed by atoms with Gasteiger partial charge in [0.1, 0.15) is 0 Å².